The maximum Gasteiger partial charge on any atom is 0.260 e. The largest absolute Gasteiger partial charge is 0.379 e. The lowest BCUT2D eigenvalue weighted by atomic mass is 10.2. The van der Waals surface area contributed by atoms with E-state index in [1.807, 2.05) is 6.92 Å². The van der Waals surface area contributed by atoms with Crippen molar-refractivity contribution in [1.29, 1.82) is 0 Å². The lowest BCUT2D eigenvalue weighted by Gasteiger charge is -2.26. The first-order valence-electron chi connectivity index (χ1n) is 5.32. The van der Waals surface area contributed by atoms with Gasteiger partial charge in [-0.05, 0) is 13.3 Å². The molecule has 0 aromatic rings. The fourth-order valence-corrected chi connectivity index (χ4v) is 2.04. The Balaban J connectivity index is 1.97. The van der Waals surface area contributed by atoms with E-state index in [1.54, 1.807) is 4.90 Å². The molecule has 0 aromatic heterocycles. The van der Waals surface area contributed by atoms with E-state index in [9.17, 15) is 13.6 Å². The van der Waals surface area contributed by atoms with Crippen LogP contribution in [0.5, 0.6) is 0 Å². The van der Waals surface area contributed by atoms with E-state index in [0.29, 0.717) is 19.8 Å². The zero-order valence-electron chi connectivity index (χ0n) is 8.71. The molecule has 0 N–H and O–H groups in total. The number of alkyl halides is 2. The molecule has 0 aromatic carbocycles. The Morgan fingerprint density at radius 2 is 2.27 bits per heavy atom. The van der Waals surface area contributed by atoms with Gasteiger partial charge < -0.3 is 9.64 Å². The smallest absolute Gasteiger partial charge is 0.260 e. The number of halogens is 2. The number of amides is 1. The molecule has 15 heavy (non-hydrogen) atoms. The molecule has 1 aliphatic heterocycles. The molecule has 3 nitrogen and oxygen atoms in total. The summed E-state index contributed by atoms with van der Waals surface area (Å²) in [5.74, 6) is -4.24. The van der Waals surface area contributed by atoms with Crippen LogP contribution >= 0.6 is 0 Å². The summed E-state index contributed by atoms with van der Waals surface area (Å²) in [6.07, 6.45) is 0.480. The van der Waals surface area contributed by atoms with Gasteiger partial charge in [-0.2, -0.15) is 0 Å². The van der Waals surface area contributed by atoms with Crippen LogP contribution in [-0.4, -0.2) is 42.5 Å². The molecular formula is C10H15F2NO2. The van der Waals surface area contributed by atoms with Gasteiger partial charge in [-0.15, -0.1) is 0 Å². The average molecular weight is 219 g/mol. The van der Waals surface area contributed by atoms with Crippen molar-refractivity contribution in [1.82, 2.24) is 4.90 Å². The van der Waals surface area contributed by atoms with Crippen molar-refractivity contribution in [2.45, 2.75) is 31.7 Å². The van der Waals surface area contributed by atoms with Gasteiger partial charge in [0.15, 0.2) is 0 Å². The molecule has 86 valence electrons. The highest BCUT2D eigenvalue weighted by molar-refractivity contribution is 5.83. The SMILES string of the molecule is CCN(C(=O)[C@@H]1CC1(F)F)[C@@H]1CCOC1. The zero-order valence-corrected chi connectivity index (χ0v) is 8.71. The molecule has 1 aliphatic carbocycles. The third kappa shape index (κ3) is 1.97. The number of ether oxygens (including phenoxy) is 1. The Bertz CT molecular complexity index is 264. The molecule has 2 atom stereocenters. The van der Waals surface area contributed by atoms with E-state index in [4.69, 9.17) is 4.74 Å². The van der Waals surface area contributed by atoms with E-state index >= 15 is 0 Å². The van der Waals surface area contributed by atoms with Crippen LogP contribution in [0.1, 0.15) is 19.8 Å². The predicted octanol–water partition coefficient (Wildman–Crippen LogP) is 1.28. The molecule has 1 amide bonds. The van der Waals surface area contributed by atoms with Crippen molar-refractivity contribution in [3.63, 3.8) is 0 Å². The molecule has 0 spiro atoms. The Labute approximate surface area is 87.4 Å². The van der Waals surface area contributed by atoms with Crippen molar-refractivity contribution >= 4 is 5.91 Å². The standard InChI is InChI=1S/C10H15F2NO2/c1-2-13(7-3-4-15-6-7)9(14)8-5-10(8,11)12/h7-8H,2-6H2,1H3/t7-,8+/m1/s1. The van der Waals surface area contributed by atoms with Gasteiger partial charge in [0.1, 0.15) is 5.92 Å². The van der Waals surface area contributed by atoms with Crippen LogP contribution in [0.15, 0.2) is 0 Å². The van der Waals surface area contributed by atoms with Gasteiger partial charge in [-0.1, -0.05) is 0 Å². The minimum absolute atomic E-state index is 0.00102. The summed E-state index contributed by atoms with van der Waals surface area (Å²) in [5, 5.41) is 0. The average Bonchev–Trinajstić information content (AvgIpc) is 2.66. The van der Waals surface area contributed by atoms with Crippen molar-refractivity contribution < 1.29 is 18.3 Å². The highest BCUT2D eigenvalue weighted by atomic mass is 19.3. The minimum Gasteiger partial charge on any atom is -0.379 e. The topological polar surface area (TPSA) is 29.5 Å². The van der Waals surface area contributed by atoms with Crippen LogP contribution in [0, 0.1) is 5.92 Å². The second kappa shape index (κ2) is 3.70. The molecule has 2 rings (SSSR count). The Hall–Kier alpha value is -0.710. The summed E-state index contributed by atoms with van der Waals surface area (Å²) >= 11 is 0. The minimum atomic E-state index is -2.76. The van der Waals surface area contributed by atoms with Gasteiger partial charge in [0.25, 0.3) is 5.92 Å². The highest BCUT2D eigenvalue weighted by Crippen LogP contribution is 2.49. The fourth-order valence-electron chi connectivity index (χ4n) is 2.04. The molecule has 2 fully saturated rings. The lowest BCUT2D eigenvalue weighted by molar-refractivity contribution is -0.137. The number of nitrogens with zero attached hydrogens (tertiary/aromatic N) is 1. The molecule has 0 bridgehead atoms. The summed E-state index contributed by atoms with van der Waals surface area (Å²) in [6, 6.07) is -0.00102. The fraction of sp³-hybridized carbons (Fsp3) is 0.900. The van der Waals surface area contributed by atoms with Crippen LogP contribution in [0.2, 0.25) is 0 Å². The van der Waals surface area contributed by atoms with Gasteiger partial charge in [0.2, 0.25) is 5.91 Å². The maximum absolute atomic E-state index is 12.8. The second-order valence-electron chi connectivity index (χ2n) is 4.16. The highest BCUT2D eigenvalue weighted by Gasteiger charge is 2.62. The lowest BCUT2D eigenvalue weighted by Crippen LogP contribution is -2.42. The molecular weight excluding hydrogens is 204 g/mol. The molecule has 1 saturated heterocycles. The Morgan fingerprint density at radius 1 is 1.60 bits per heavy atom. The third-order valence-electron chi connectivity index (χ3n) is 3.09. The first-order valence-corrected chi connectivity index (χ1v) is 5.32. The Morgan fingerprint density at radius 3 is 2.67 bits per heavy atom. The van der Waals surface area contributed by atoms with E-state index in [0.717, 1.165) is 6.42 Å². The summed E-state index contributed by atoms with van der Waals surface area (Å²) in [7, 11) is 0. The van der Waals surface area contributed by atoms with E-state index in [2.05, 4.69) is 0 Å². The molecule has 0 radical (unpaired) electrons. The van der Waals surface area contributed by atoms with Crippen LogP contribution in [-0.2, 0) is 9.53 Å². The predicted molar refractivity (Wildman–Crippen MR) is 49.7 cm³/mol. The van der Waals surface area contributed by atoms with Crippen molar-refractivity contribution in [2.24, 2.45) is 5.92 Å². The molecule has 1 saturated carbocycles. The van der Waals surface area contributed by atoms with Crippen LogP contribution in [0.3, 0.4) is 0 Å². The molecule has 5 heteroatoms. The Kier molecular flexibility index (Phi) is 2.66. The number of hydrogen-bond donors (Lipinski definition) is 0. The van der Waals surface area contributed by atoms with Crippen molar-refractivity contribution in [2.75, 3.05) is 19.8 Å². The first kappa shape index (κ1) is 10.8. The number of carbonyl (C=O) groups is 1. The zero-order chi connectivity index (χ0) is 11.1. The van der Waals surface area contributed by atoms with E-state index in [-0.39, 0.29) is 12.5 Å². The van der Waals surface area contributed by atoms with Gasteiger partial charge in [-0.3, -0.25) is 4.79 Å². The summed E-state index contributed by atoms with van der Waals surface area (Å²) in [4.78, 5) is 13.3. The molecule has 1 heterocycles. The number of rotatable bonds is 3. The van der Waals surface area contributed by atoms with Crippen LogP contribution < -0.4 is 0 Å². The van der Waals surface area contributed by atoms with Gasteiger partial charge in [0.05, 0.1) is 12.6 Å². The van der Waals surface area contributed by atoms with Crippen LogP contribution in [0.4, 0.5) is 8.78 Å². The van der Waals surface area contributed by atoms with E-state index < -0.39 is 17.7 Å². The number of carbonyl (C=O) groups excluding carboxylic acids is 1. The molecule has 0 unspecified atom stereocenters. The summed E-state index contributed by atoms with van der Waals surface area (Å²) in [5.41, 5.74) is 0. The quantitative estimate of drug-likeness (QED) is 0.715. The van der Waals surface area contributed by atoms with Gasteiger partial charge in [0, 0.05) is 19.6 Å². The van der Waals surface area contributed by atoms with Crippen LogP contribution in [0.25, 0.3) is 0 Å². The summed E-state index contributed by atoms with van der Waals surface area (Å²) < 4.78 is 30.7. The first-order chi connectivity index (χ1) is 7.06. The normalized spacial score (nSPS) is 32.7. The molecule has 2 aliphatic rings. The van der Waals surface area contributed by atoms with E-state index in [1.165, 1.54) is 0 Å². The van der Waals surface area contributed by atoms with Crippen molar-refractivity contribution in [3.05, 3.63) is 0 Å². The summed E-state index contributed by atoms with van der Waals surface area (Å²) in [6.45, 7) is 3.41. The maximum atomic E-state index is 12.8. The van der Waals surface area contributed by atoms with Crippen molar-refractivity contribution in [3.8, 4) is 0 Å². The second-order valence-corrected chi connectivity index (χ2v) is 4.16. The monoisotopic (exact) mass is 219 g/mol. The van der Waals surface area contributed by atoms with Gasteiger partial charge in [-0.25, -0.2) is 8.78 Å². The van der Waals surface area contributed by atoms with Gasteiger partial charge >= 0.3 is 0 Å². The number of hydrogen-bond acceptors (Lipinski definition) is 2. The number of likely N-dealkylation sites (N-methyl/N-ethyl adjacent to an activating group) is 1. The third-order valence-corrected chi connectivity index (χ3v) is 3.09.